The zero-order valence-electron chi connectivity index (χ0n) is 9.86. The summed E-state index contributed by atoms with van der Waals surface area (Å²) in [6, 6.07) is 10.6. The molecule has 1 atom stereocenters. The summed E-state index contributed by atoms with van der Waals surface area (Å²) >= 11 is 0. The van der Waals surface area contributed by atoms with Crippen LogP contribution in [0.2, 0.25) is 0 Å². The van der Waals surface area contributed by atoms with Crippen LogP contribution in [0.1, 0.15) is 31.7 Å². The van der Waals surface area contributed by atoms with E-state index in [4.69, 9.17) is 0 Å². The summed E-state index contributed by atoms with van der Waals surface area (Å²) < 4.78 is 0. The minimum atomic E-state index is 0.171. The van der Waals surface area contributed by atoms with Crippen LogP contribution in [-0.4, -0.2) is 23.3 Å². The van der Waals surface area contributed by atoms with E-state index < -0.39 is 0 Å². The van der Waals surface area contributed by atoms with Gasteiger partial charge in [-0.15, -0.1) is 0 Å². The van der Waals surface area contributed by atoms with Crippen molar-refractivity contribution in [1.82, 2.24) is 4.90 Å². The molecule has 1 heterocycles. The second-order valence-electron chi connectivity index (χ2n) is 4.48. The molecule has 86 valence electrons. The van der Waals surface area contributed by atoms with Gasteiger partial charge in [0, 0.05) is 19.5 Å². The molecule has 2 rings (SSSR count). The fourth-order valence-electron chi connectivity index (χ4n) is 2.40. The van der Waals surface area contributed by atoms with Crippen LogP contribution in [0, 0.1) is 0 Å². The largest absolute Gasteiger partial charge is 0.298 e. The molecule has 0 aliphatic carbocycles. The molecule has 1 fully saturated rings. The van der Waals surface area contributed by atoms with Crippen molar-refractivity contribution in [1.29, 1.82) is 0 Å². The monoisotopic (exact) mass is 217 g/mol. The topological polar surface area (TPSA) is 20.3 Å². The van der Waals surface area contributed by atoms with Gasteiger partial charge in [-0.1, -0.05) is 43.7 Å². The van der Waals surface area contributed by atoms with Crippen molar-refractivity contribution in [3.63, 3.8) is 0 Å². The van der Waals surface area contributed by atoms with E-state index in [2.05, 4.69) is 36.1 Å². The number of likely N-dealkylation sites (tertiary alicyclic amines) is 1. The first kappa shape index (κ1) is 11.3. The lowest BCUT2D eigenvalue weighted by molar-refractivity contribution is -0.120. The van der Waals surface area contributed by atoms with Gasteiger partial charge >= 0.3 is 0 Å². The highest BCUT2D eigenvalue weighted by Gasteiger charge is 2.30. The first-order valence-corrected chi connectivity index (χ1v) is 6.12. The van der Waals surface area contributed by atoms with Gasteiger partial charge in [-0.05, 0) is 12.0 Å². The van der Waals surface area contributed by atoms with Crippen LogP contribution in [0.25, 0.3) is 0 Å². The Bertz CT molecular complexity index is 347. The Morgan fingerprint density at radius 3 is 2.75 bits per heavy atom. The maximum absolute atomic E-state index is 11.7. The molecule has 1 aliphatic heterocycles. The van der Waals surface area contributed by atoms with Crippen molar-refractivity contribution in [2.24, 2.45) is 0 Å². The van der Waals surface area contributed by atoms with Crippen LogP contribution in [-0.2, 0) is 11.3 Å². The van der Waals surface area contributed by atoms with Crippen molar-refractivity contribution < 1.29 is 4.79 Å². The smallest absolute Gasteiger partial charge is 0.151 e. The average Bonchev–Trinajstić information content (AvgIpc) is 2.64. The average molecular weight is 217 g/mol. The molecular weight excluding hydrogens is 198 g/mol. The summed E-state index contributed by atoms with van der Waals surface area (Å²) in [6.45, 7) is 3.99. The van der Waals surface area contributed by atoms with E-state index in [1.165, 1.54) is 5.56 Å². The third kappa shape index (κ3) is 2.50. The van der Waals surface area contributed by atoms with Crippen molar-refractivity contribution in [3.05, 3.63) is 35.9 Å². The SMILES string of the molecule is CCCC1C(=O)CCN1Cc1ccccc1. The Hall–Kier alpha value is -1.15. The van der Waals surface area contributed by atoms with Gasteiger partial charge in [0.15, 0.2) is 5.78 Å². The van der Waals surface area contributed by atoms with Gasteiger partial charge in [-0.25, -0.2) is 0 Å². The maximum Gasteiger partial charge on any atom is 0.151 e. The predicted octanol–water partition coefficient (Wildman–Crippen LogP) is 2.63. The summed E-state index contributed by atoms with van der Waals surface area (Å²) in [5.74, 6) is 0.429. The normalized spacial score (nSPS) is 21.6. The molecule has 0 radical (unpaired) electrons. The molecule has 1 aromatic rings. The highest BCUT2D eigenvalue weighted by Crippen LogP contribution is 2.20. The van der Waals surface area contributed by atoms with Crippen LogP contribution in [0.15, 0.2) is 30.3 Å². The van der Waals surface area contributed by atoms with E-state index >= 15 is 0 Å². The van der Waals surface area contributed by atoms with Gasteiger partial charge in [-0.3, -0.25) is 9.69 Å². The van der Waals surface area contributed by atoms with Crippen LogP contribution < -0.4 is 0 Å². The van der Waals surface area contributed by atoms with E-state index in [-0.39, 0.29) is 6.04 Å². The standard InChI is InChI=1S/C14H19NO/c1-2-6-13-14(16)9-10-15(13)11-12-7-4-3-5-8-12/h3-5,7-8,13H,2,6,9-11H2,1H3. The predicted molar refractivity (Wildman–Crippen MR) is 65.2 cm³/mol. The van der Waals surface area contributed by atoms with Crippen LogP contribution in [0.4, 0.5) is 0 Å². The number of hydrogen-bond acceptors (Lipinski definition) is 2. The van der Waals surface area contributed by atoms with Gasteiger partial charge < -0.3 is 0 Å². The molecule has 0 N–H and O–H groups in total. The summed E-state index contributed by atoms with van der Waals surface area (Å²) in [5.41, 5.74) is 1.30. The maximum atomic E-state index is 11.7. The quantitative estimate of drug-likeness (QED) is 0.772. The van der Waals surface area contributed by atoms with Crippen molar-refractivity contribution in [2.45, 2.75) is 38.8 Å². The lowest BCUT2D eigenvalue weighted by Crippen LogP contribution is -2.32. The van der Waals surface area contributed by atoms with Gasteiger partial charge in [0.1, 0.15) is 0 Å². The molecule has 1 unspecified atom stereocenters. The molecule has 1 saturated heterocycles. The fourth-order valence-corrected chi connectivity index (χ4v) is 2.40. The number of carbonyl (C=O) groups excluding carboxylic acids is 1. The third-order valence-corrected chi connectivity index (χ3v) is 3.25. The van der Waals surface area contributed by atoms with E-state index in [0.29, 0.717) is 5.78 Å². The molecular formula is C14H19NO. The van der Waals surface area contributed by atoms with E-state index in [1.807, 2.05) is 6.07 Å². The van der Waals surface area contributed by atoms with Crippen LogP contribution >= 0.6 is 0 Å². The first-order valence-electron chi connectivity index (χ1n) is 6.12. The zero-order chi connectivity index (χ0) is 11.4. The minimum Gasteiger partial charge on any atom is -0.298 e. The second kappa shape index (κ2) is 5.26. The van der Waals surface area contributed by atoms with Gasteiger partial charge in [0.2, 0.25) is 0 Å². The molecule has 0 bridgehead atoms. The molecule has 1 aromatic carbocycles. The molecule has 1 aliphatic rings. The summed E-state index contributed by atoms with van der Waals surface area (Å²) in [4.78, 5) is 14.0. The van der Waals surface area contributed by atoms with Crippen molar-refractivity contribution in [2.75, 3.05) is 6.54 Å². The second-order valence-corrected chi connectivity index (χ2v) is 4.48. The lowest BCUT2D eigenvalue weighted by Gasteiger charge is -2.22. The van der Waals surface area contributed by atoms with Gasteiger partial charge in [-0.2, -0.15) is 0 Å². The number of benzene rings is 1. The lowest BCUT2D eigenvalue weighted by atomic mass is 10.1. The van der Waals surface area contributed by atoms with Crippen LogP contribution in [0.5, 0.6) is 0 Å². The highest BCUT2D eigenvalue weighted by molar-refractivity contribution is 5.86. The summed E-state index contributed by atoms with van der Waals surface area (Å²) in [6.07, 6.45) is 2.82. The number of rotatable bonds is 4. The highest BCUT2D eigenvalue weighted by atomic mass is 16.1. The molecule has 2 nitrogen and oxygen atoms in total. The Labute approximate surface area is 97.3 Å². The summed E-state index contributed by atoms with van der Waals surface area (Å²) in [7, 11) is 0. The Morgan fingerprint density at radius 2 is 2.06 bits per heavy atom. The number of nitrogens with zero attached hydrogens (tertiary/aromatic N) is 1. The van der Waals surface area contributed by atoms with Crippen molar-refractivity contribution in [3.8, 4) is 0 Å². The van der Waals surface area contributed by atoms with E-state index in [0.717, 1.165) is 32.4 Å². The van der Waals surface area contributed by atoms with Gasteiger partial charge in [0.05, 0.1) is 6.04 Å². The Balaban J connectivity index is 2.01. The number of ketones is 1. The third-order valence-electron chi connectivity index (χ3n) is 3.25. The Morgan fingerprint density at radius 1 is 1.31 bits per heavy atom. The molecule has 0 amide bonds. The number of Topliss-reactive ketones (excluding diaryl/α,β-unsaturated/α-hetero) is 1. The molecule has 0 saturated carbocycles. The fraction of sp³-hybridized carbons (Fsp3) is 0.500. The summed E-state index contributed by atoms with van der Waals surface area (Å²) in [5, 5.41) is 0. The first-order chi connectivity index (χ1) is 7.81. The Kier molecular flexibility index (Phi) is 3.73. The van der Waals surface area contributed by atoms with Crippen LogP contribution in [0.3, 0.4) is 0 Å². The number of hydrogen-bond donors (Lipinski definition) is 0. The number of carbonyl (C=O) groups is 1. The van der Waals surface area contributed by atoms with Gasteiger partial charge in [0.25, 0.3) is 0 Å². The zero-order valence-corrected chi connectivity index (χ0v) is 9.86. The molecule has 2 heteroatoms. The minimum absolute atomic E-state index is 0.171. The molecule has 0 aromatic heterocycles. The van der Waals surface area contributed by atoms with E-state index in [9.17, 15) is 4.79 Å². The molecule has 0 spiro atoms. The van der Waals surface area contributed by atoms with E-state index in [1.54, 1.807) is 0 Å². The van der Waals surface area contributed by atoms with Crippen molar-refractivity contribution >= 4 is 5.78 Å². The molecule has 16 heavy (non-hydrogen) atoms.